The summed E-state index contributed by atoms with van der Waals surface area (Å²) in [5.74, 6) is 0.0745. The minimum Gasteiger partial charge on any atom is -0.357 e. The zero-order valence-electron chi connectivity index (χ0n) is 10.00. The number of halogens is 1. The Morgan fingerprint density at radius 2 is 1.89 bits per heavy atom. The molecule has 102 valence electrons. The van der Waals surface area contributed by atoms with Crippen molar-refractivity contribution >= 4 is 28.7 Å². The molecule has 0 aromatic heterocycles. The van der Waals surface area contributed by atoms with Crippen LogP contribution in [0.3, 0.4) is 0 Å². The predicted octanol–water partition coefficient (Wildman–Crippen LogP) is 0.648. The van der Waals surface area contributed by atoms with E-state index in [9.17, 15) is 13.2 Å². The minimum atomic E-state index is -3.17. The molecule has 0 saturated heterocycles. The van der Waals surface area contributed by atoms with Crippen LogP contribution in [-0.4, -0.2) is 27.1 Å². The number of hydrogen-bond donors (Lipinski definition) is 2. The van der Waals surface area contributed by atoms with Crippen molar-refractivity contribution in [1.29, 1.82) is 0 Å². The molecule has 1 rings (SSSR count). The van der Waals surface area contributed by atoms with Crippen LogP contribution in [0, 0.1) is 0 Å². The van der Waals surface area contributed by atoms with E-state index in [0.29, 0.717) is 17.9 Å². The molecule has 1 aromatic rings. The molecule has 0 saturated carbocycles. The summed E-state index contributed by atoms with van der Waals surface area (Å²) in [6.45, 7) is 1.92. The summed E-state index contributed by atoms with van der Waals surface area (Å²) in [6.07, 6.45) is 0.579. The molecule has 0 spiro atoms. The monoisotopic (exact) mass is 292 g/mol. The largest absolute Gasteiger partial charge is 0.357 e. The van der Waals surface area contributed by atoms with Crippen molar-refractivity contribution in [2.75, 3.05) is 12.3 Å². The molecule has 1 aromatic carbocycles. The van der Waals surface area contributed by atoms with Gasteiger partial charge >= 0.3 is 0 Å². The first-order valence-corrected chi connectivity index (χ1v) is 6.92. The maximum atomic E-state index is 11.6. The molecule has 18 heavy (non-hydrogen) atoms. The summed E-state index contributed by atoms with van der Waals surface area (Å²) in [6, 6.07) is 6.07. The van der Waals surface area contributed by atoms with E-state index in [1.807, 2.05) is 0 Å². The topological polar surface area (TPSA) is 89.3 Å². The van der Waals surface area contributed by atoms with Gasteiger partial charge in [-0.25, -0.2) is 8.42 Å². The highest BCUT2D eigenvalue weighted by Crippen LogP contribution is 2.15. The van der Waals surface area contributed by atoms with E-state index < -0.39 is 9.84 Å². The van der Waals surface area contributed by atoms with Crippen LogP contribution in [0.15, 0.2) is 29.2 Å². The lowest BCUT2D eigenvalue weighted by Gasteiger charge is -2.11. The van der Waals surface area contributed by atoms with Crippen LogP contribution in [0.5, 0.6) is 0 Å². The van der Waals surface area contributed by atoms with E-state index in [1.165, 1.54) is 12.1 Å². The number of nitrogens with two attached hydrogens (primary N) is 1. The van der Waals surface area contributed by atoms with Crippen LogP contribution < -0.4 is 11.1 Å². The summed E-state index contributed by atoms with van der Waals surface area (Å²) in [7, 11) is -3.17. The number of hydrogen-bond acceptors (Lipinski definition) is 4. The first-order chi connectivity index (χ1) is 8.01. The second kappa shape index (κ2) is 7.35. The lowest BCUT2D eigenvalue weighted by Crippen LogP contribution is -2.25. The van der Waals surface area contributed by atoms with Gasteiger partial charge in [-0.1, -0.05) is 19.1 Å². The third kappa shape index (κ3) is 4.29. The first kappa shape index (κ1) is 16.9. The molecule has 5 nitrogen and oxygen atoms in total. The summed E-state index contributed by atoms with van der Waals surface area (Å²) < 4.78 is 23.1. The van der Waals surface area contributed by atoms with Crippen molar-refractivity contribution in [2.45, 2.75) is 17.9 Å². The molecule has 1 atom stereocenters. The van der Waals surface area contributed by atoms with Gasteiger partial charge < -0.3 is 11.1 Å². The average molecular weight is 293 g/mol. The van der Waals surface area contributed by atoms with Crippen molar-refractivity contribution in [1.82, 2.24) is 5.32 Å². The molecule has 0 fully saturated rings. The molecule has 1 amide bonds. The van der Waals surface area contributed by atoms with Gasteiger partial charge in [0.1, 0.15) is 0 Å². The number of benzene rings is 1. The Hall–Kier alpha value is -1.11. The van der Waals surface area contributed by atoms with Gasteiger partial charge in [0, 0.05) is 12.6 Å². The van der Waals surface area contributed by atoms with E-state index in [0.717, 1.165) is 5.56 Å². The van der Waals surface area contributed by atoms with Crippen LogP contribution in [0.4, 0.5) is 0 Å². The van der Waals surface area contributed by atoms with Crippen molar-refractivity contribution in [3.63, 3.8) is 0 Å². The Kier molecular flexibility index (Phi) is 6.90. The van der Waals surface area contributed by atoms with Crippen LogP contribution in [0.1, 0.15) is 18.5 Å². The lowest BCUT2D eigenvalue weighted by atomic mass is 10.1. The van der Waals surface area contributed by atoms with Gasteiger partial charge in [-0.3, -0.25) is 4.79 Å². The van der Waals surface area contributed by atoms with Gasteiger partial charge in [-0.2, -0.15) is 0 Å². The summed E-state index contributed by atoms with van der Waals surface area (Å²) >= 11 is 0. The zero-order valence-corrected chi connectivity index (χ0v) is 11.6. The van der Waals surface area contributed by atoms with Crippen molar-refractivity contribution < 1.29 is 13.2 Å². The van der Waals surface area contributed by atoms with E-state index in [4.69, 9.17) is 5.73 Å². The molecule has 0 radical (unpaired) electrons. The maximum Gasteiger partial charge on any atom is 0.207 e. The van der Waals surface area contributed by atoms with Crippen LogP contribution >= 0.6 is 12.4 Å². The van der Waals surface area contributed by atoms with Crippen LogP contribution in [0.2, 0.25) is 0 Å². The summed E-state index contributed by atoms with van der Waals surface area (Å²) in [4.78, 5) is 10.4. The maximum absolute atomic E-state index is 11.6. The van der Waals surface area contributed by atoms with Crippen molar-refractivity contribution in [3.05, 3.63) is 29.8 Å². The molecule has 0 heterocycles. The quantitative estimate of drug-likeness (QED) is 0.753. The fourth-order valence-corrected chi connectivity index (χ4v) is 2.27. The molecule has 0 aliphatic carbocycles. The number of rotatable bonds is 6. The van der Waals surface area contributed by atoms with Gasteiger partial charge in [0.2, 0.25) is 6.41 Å². The normalized spacial score (nSPS) is 12.3. The minimum absolute atomic E-state index is 0. The van der Waals surface area contributed by atoms with Gasteiger partial charge in [-0.05, 0) is 17.7 Å². The Labute approximate surface area is 113 Å². The summed E-state index contributed by atoms with van der Waals surface area (Å²) in [5.41, 5.74) is 6.59. The van der Waals surface area contributed by atoms with Crippen LogP contribution in [-0.2, 0) is 14.6 Å². The molecule has 0 aliphatic rings. The number of nitrogens with one attached hydrogen (secondary N) is 1. The molecular weight excluding hydrogens is 276 g/mol. The second-order valence-corrected chi connectivity index (χ2v) is 5.88. The smallest absolute Gasteiger partial charge is 0.207 e. The number of carbonyl (C=O) groups is 1. The van der Waals surface area contributed by atoms with E-state index >= 15 is 0 Å². The molecule has 7 heteroatoms. The lowest BCUT2D eigenvalue weighted by molar-refractivity contribution is -0.109. The molecule has 0 aliphatic heterocycles. The second-order valence-electron chi connectivity index (χ2n) is 3.61. The highest BCUT2D eigenvalue weighted by Gasteiger charge is 2.12. The molecule has 3 N–H and O–H groups in total. The van der Waals surface area contributed by atoms with E-state index in [1.54, 1.807) is 19.1 Å². The predicted molar refractivity (Wildman–Crippen MR) is 72.4 cm³/mol. The van der Waals surface area contributed by atoms with Crippen LogP contribution in [0.25, 0.3) is 0 Å². The Morgan fingerprint density at radius 1 is 1.33 bits per heavy atom. The Bertz CT molecular complexity index is 474. The van der Waals surface area contributed by atoms with Gasteiger partial charge in [0.15, 0.2) is 9.84 Å². The highest BCUT2D eigenvalue weighted by atomic mass is 35.5. The third-order valence-electron chi connectivity index (χ3n) is 2.47. The van der Waals surface area contributed by atoms with Crippen molar-refractivity contribution in [3.8, 4) is 0 Å². The standard InChI is InChI=1S/C11H16N2O3S.ClH/c1-2-17(15,16)10-5-3-9(4-6-10)11(12)7-13-8-14;/h3-6,8,11H,2,7,12H2,1H3,(H,13,14);1H. The number of sulfone groups is 1. The number of carbonyl (C=O) groups excluding carboxylic acids is 1. The van der Waals surface area contributed by atoms with Gasteiger partial charge in [-0.15, -0.1) is 12.4 Å². The first-order valence-electron chi connectivity index (χ1n) is 5.26. The zero-order chi connectivity index (χ0) is 12.9. The Morgan fingerprint density at radius 3 is 2.33 bits per heavy atom. The average Bonchev–Trinajstić information content (AvgIpc) is 2.36. The number of amides is 1. The fourth-order valence-electron chi connectivity index (χ4n) is 1.38. The van der Waals surface area contributed by atoms with Gasteiger partial charge in [0.05, 0.1) is 10.6 Å². The molecule has 0 bridgehead atoms. The third-order valence-corrected chi connectivity index (χ3v) is 4.22. The molecular formula is C11H17ClN2O3S. The van der Waals surface area contributed by atoms with E-state index in [-0.39, 0.29) is 24.2 Å². The van der Waals surface area contributed by atoms with Crippen molar-refractivity contribution in [2.24, 2.45) is 5.73 Å². The molecule has 1 unspecified atom stereocenters. The Balaban J connectivity index is 0.00000289. The SMILES string of the molecule is CCS(=O)(=O)c1ccc(C(N)CNC=O)cc1.Cl. The van der Waals surface area contributed by atoms with E-state index in [2.05, 4.69) is 5.32 Å². The highest BCUT2D eigenvalue weighted by molar-refractivity contribution is 7.91. The van der Waals surface area contributed by atoms with Gasteiger partial charge in [0.25, 0.3) is 0 Å². The summed E-state index contributed by atoms with van der Waals surface area (Å²) in [5, 5.41) is 2.48. The fraction of sp³-hybridized carbons (Fsp3) is 0.364.